The van der Waals surface area contributed by atoms with Crippen molar-refractivity contribution in [2.24, 2.45) is 0 Å². The number of rotatable bonds is 6. The fourth-order valence-corrected chi connectivity index (χ4v) is 2.94. The van der Waals surface area contributed by atoms with Gasteiger partial charge in [-0.25, -0.2) is 27.9 Å². The van der Waals surface area contributed by atoms with E-state index in [0.29, 0.717) is 0 Å². The number of nitrogens with one attached hydrogen (secondary N) is 1. The van der Waals surface area contributed by atoms with E-state index in [1.54, 1.807) is 6.92 Å². The highest BCUT2D eigenvalue weighted by Crippen LogP contribution is 2.18. The summed E-state index contributed by atoms with van der Waals surface area (Å²) in [6.45, 7) is 1.86. The third-order valence-electron chi connectivity index (χ3n) is 3.48. The van der Waals surface area contributed by atoms with Crippen LogP contribution in [0.5, 0.6) is 0 Å². The van der Waals surface area contributed by atoms with Crippen LogP contribution >= 0.6 is 11.3 Å². The lowest BCUT2D eigenvalue weighted by molar-refractivity contribution is 0.0520. The summed E-state index contributed by atoms with van der Waals surface area (Å²) in [6.07, 6.45) is 2.65. The Labute approximate surface area is 160 Å². The lowest BCUT2D eigenvalue weighted by Gasteiger charge is -2.04. The number of carbonyl (C=O) groups excluding carboxylic acids is 2. The van der Waals surface area contributed by atoms with Crippen molar-refractivity contribution in [1.82, 2.24) is 14.5 Å². The number of benzene rings is 1. The summed E-state index contributed by atoms with van der Waals surface area (Å²) in [6, 6.07) is 1.73. The molecule has 11 heteroatoms. The maximum atomic E-state index is 13.3. The van der Waals surface area contributed by atoms with Crippen molar-refractivity contribution >= 4 is 28.3 Å². The number of carbonyl (C=O) groups is 2. The molecule has 0 fully saturated rings. The number of halogens is 3. The lowest BCUT2D eigenvalue weighted by Crippen LogP contribution is -2.13. The third kappa shape index (κ3) is 4.36. The summed E-state index contributed by atoms with van der Waals surface area (Å²) in [7, 11) is 0. The number of aromatic nitrogens is 3. The van der Waals surface area contributed by atoms with Crippen LogP contribution in [0.1, 0.15) is 33.5 Å². The molecule has 3 aromatic rings. The van der Waals surface area contributed by atoms with E-state index in [1.165, 1.54) is 22.5 Å². The second-order valence-corrected chi connectivity index (χ2v) is 6.38. The average molecular weight is 410 g/mol. The number of hydrogen-bond acceptors (Lipinski definition) is 6. The molecular formula is C17H13F3N4O3S. The zero-order chi connectivity index (χ0) is 20.3. The third-order valence-corrected chi connectivity index (χ3v) is 4.24. The second-order valence-electron chi connectivity index (χ2n) is 5.52. The van der Waals surface area contributed by atoms with Crippen LogP contribution < -0.4 is 5.32 Å². The molecule has 2 aromatic heterocycles. The van der Waals surface area contributed by atoms with Crippen molar-refractivity contribution in [3.8, 4) is 0 Å². The molecular weight excluding hydrogens is 397 g/mol. The van der Waals surface area contributed by atoms with Gasteiger partial charge in [0.05, 0.1) is 12.9 Å². The van der Waals surface area contributed by atoms with Crippen LogP contribution in [-0.4, -0.2) is 33.0 Å². The zero-order valence-corrected chi connectivity index (χ0v) is 15.2. The van der Waals surface area contributed by atoms with Gasteiger partial charge in [0.25, 0.3) is 5.91 Å². The number of anilines is 1. The van der Waals surface area contributed by atoms with Crippen molar-refractivity contribution in [2.45, 2.75) is 13.5 Å². The molecule has 146 valence electrons. The Morgan fingerprint density at radius 2 is 1.93 bits per heavy atom. The molecule has 7 nitrogen and oxygen atoms in total. The van der Waals surface area contributed by atoms with Crippen molar-refractivity contribution in [1.29, 1.82) is 0 Å². The van der Waals surface area contributed by atoms with Gasteiger partial charge in [-0.1, -0.05) is 0 Å². The minimum atomic E-state index is -1.54. The average Bonchev–Trinajstić information content (AvgIpc) is 3.29. The van der Waals surface area contributed by atoms with Gasteiger partial charge in [-0.15, -0.1) is 11.3 Å². The van der Waals surface area contributed by atoms with Crippen molar-refractivity contribution in [3.63, 3.8) is 0 Å². The summed E-state index contributed by atoms with van der Waals surface area (Å²) in [4.78, 5) is 31.7. The normalized spacial score (nSPS) is 10.7. The van der Waals surface area contributed by atoms with Gasteiger partial charge < -0.3 is 9.30 Å². The number of hydrogen-bond donors (Lipinski definition) is 1. The van der Waals surface area contributed by atoms with Crippen LogP contribution in [-0.2, 0) is 11.3 Å². The van der Waals surface area contributed by atoms with E-state index in [1.807, 2.05) is 0 Å². The van der Waals surface area contributed by atoms with Crippen LogP contribution in [0.4, 0.5) is 18.3 Å². The van der Waals surface area contributed by atoms with E-state index in [4.69, 9.17) is 4.74 Å². The van der Waals surface area contributed by atoms with Gasteiger partial charge in [-0.3, -0.25) is 10.1 Å². The highest BCUT2D eigenvalue weighted by molar-refractivity contribution is 7.14. The highest BCUT2D eigenvalue weighted by atomic mass is 32.1. The standard InChI is InChI=1S/C17H13F3N4O3S/c1-2-27-16(26)13-7-28-17(22-13)23-15(25)12-6-24(8-21-12)5-9-3-10(18)14(20)11(19)4-9/h3-4,6-8H,2,5H2,1H3,(H,22,23,25). The largest absolute Gasteiger partial charge is 0.461 e. The molecule has 0 spiro atoms. The van der Waals surface area contributed by atoms with Crippen LogP contribution in [0.25, 0.3) is 0 Å². The van der Waals surface area contributed by atoms with E-state index in [-0.39, 0.29) is 35.2 Å². The number of imidazole rings is 1. The van der Waals surface area contributed by atoms with Gasteiger partial charge in [0.15, 0.2) is 28.3 Å². The van der Waals surface area contributed by atoms with Gasteiger partial charge in [0, 0.05) is 18.1 Å². The lowest BCUT2D eigenvalue weighted by atomic mass is 10.2. The zero-order valence-electron chi connectivity index (χ0n) is 14.4. The monoisotopic (exact) mass is 410 g/mol. The summed E-state index contributed by atoms with van der Waals surface area (Å²) in [5.74, 6) is -5.31. The molecule has 3 rings (SSSR count). The predicted molar refractivity (Wildman–Crippen MR) is 93.7 cm³/mol. The van der Waals surface area contributed by atoms with E-state index in [0.717, 1.165) is 23.5 Å². The topological polar surface area (TPSA) is 86.1 Å². The number of ether oxygens (including phenoxy) is 1. The summed E-state index contributed by atoms with van der Waals surface area (Å²) >= 11 is 1.04. The molecule has 0 aliphatic rings. The predicted octanol–water partition coefficient (Wildman–Crippen LogP) is 3.23. The van der Waals surface area contributed by atoms with Crippen LogP contribution in [0.15, 0.2) is 30.0 Å². The van der Waals surface area contributed by atoms with E-state index in [2.05, 4.69) is 15.3 Å². The van der Waals surface area contributed by atoms with Crippen molar-refractivity contribution in [2.75, 3.05) is 11.9 Å². The molecule has 1 amide bonds. The molecule has 0 saturated carbocycles. The van der Waals surface area contributed by atoms with E-state index in [9.17, 15) is 22.8 Å². The van der Waals surface area contributed by atoms with Crippen LogP contribution in [0.3, 0.4) is 0 Å². The van der Waals surface area contributed by atoms with Gasteiger partial charge in [-0.2, -0.15) is 0 Å². The van der Waals surface area contributed by atoms with Crippen LogP contribution in [0, 0.1) is 17.5 Å². The second kappa shape index (κ2) is 8.21. The van der Waals surface area contributed by atoms with E-state index < -0.39 is 29.3 Å². The van der Waals surface area contributed by atoms with Gasteiger partial charge >= 0.3 is 5.97 Å². The number of esters is 1. The smallest absolute Gasteiger partial charge is 0.357 e. The molecule has 0 unspecified atom stereocenters. The molecule has 0 aliphatic carbocycles. The quantitative estimate of drug-likeness (QED) is 0.498. The van der Waals surface area contributed by atoms with Gasteiger partial charge in [0.1, 0.15) is 5.69 Å². The minimum absolute atomic E-state index is 0.0152. The SMILES string of the molecule is CCOC(=O)c1csc(NC(=O)c2cn(Cc3cc(F)c(F)c(F)c3)cn2)n1. The molecule has 2 heterocycles. The summed E-state index contributed by atoms with van der Waals surface area (Å²) in [5, 5.41) is 4.13. The first-order valence-corrected chi connectivity index (χ1v) is 8.84. The molecule has 1 N–H and O–H groups in total. The maximum Gasteiger partial charge on any atom is 0.357 e. The fourth-order valence-electron chi connectivity index (χ4n) is 2.27. The number of amides is 1. The Balaban J connectivity index is 1.67. The Morgan fingerprint density at radius 3 is 2.61 bits per heavy atom. The first-order chi connectivity index (χ1) is 13.4. The van der Waals surface area contributed by atoms with E-state index >= 15 is 0 Å². The summed E-state index contributed by atoms with van der Waals surface area (Å²) < 4.78 is 45.8. The molecule has 28 heavy (non-hydrogen) atoms. The Bertz CT molecular complexity index is 1010. The minimum Gasteiger partial charge on any atom is -0.461 e. The number of nitrogens with zero attached hydrogens (tertiary/aromatic N) is 3. The molecule has 0 bridgehead atoms. The molecule has 0 radical (unpaired) electrons. The van der Waals surface area contributed by atoms with Crippen molar-refractivity contribution < 1.29 is 27.5 Å². The Morgan fingerprint density at radius 1 is 1.21 bits per heavy atom. The molecule has 1 aromatic carbocycles. The molecule has 0 atom stereocenters. The van der Waals surface area contributed by atoms with Gasteiger partial charge in [-0.05, 0) is 24.6 Å². The van der Waals surface area contributed by atoms with Crippen molar-refractivity contribution in [3.05, 3.63) is 64.4 Å². The first kappa shape index (κ1) is 19.5. The van der Waals surface area contributed by atoms with Crippen LogP contribution in [0.2, 0.25) is 0 Å². The highest BCUT2D eigenvalue weighted by Gasteiger charge is 2.16. The maximum absolute atomic E-state index is 13.3. The Kier molecular flexibility index (Phi) is 5.73. The number of thiazole rings is 1. The van der Waals surface area contributed by atoms with Gasteiger partial charge in [0.2, 0.25) is 0 Å². The summed E-state index contributed by atoms with van der Waals surface area (Å²) in [5.41, 5.74) is 0.267. The molecule has 0 saturated heterocycles. The fraction of sp³-hybridized carbons (Fsp3) is 0.176. The molecule has 0 aliphatic heterocycles. The first-order valence-electron chi connectivity index (χ1n) is 7.96. The Hall–Kier alpha value is -3.21.